The number of nitrogens with one attached hydrogen (secondary N) is 2. The van der Waals surface area contributed by atoms with Crippen molar-refractivity contribution in [2.45, 2.75) is 32.7 Å². The number of carbonyl (C=O) groups is 2. The molecule has 3 rings (SSSR count). The van der Waals surface area contributed by atoms with E-state index in [4.69, 9.17) is 4.52 Å². The second-order valence-corrected chi connectivity index (χ2v) is 6.68. The third-order valence-electron chi connectivity index (χ3n) is 4.67. The van der Waals surface area contributed by atoms with E-state index in [9.17, 15) is 9.59 Å². The number of hydrogen-bond donors (Lipinski definition) is 2. The normalized spacial score (nSPS) is 14.8. The van der Waals surface area contributed by atoms with Crippen molar-refractivity contribution in [3.63, 3.8) is 0 Å². The molecule has 0 saturated carbocycles. The molecule has 0 radical (unpaired) electrons. The first-order valence-corrected chi connectivity index (χ1v) is 9.25. The van der Waals surface area contributed by atoms with E-state index in [1.807, 2.05) is 30.3 Å². The van der Waals surface area contributed by atoms with Gasteiger partial charge in [0.1, 0.15) is 0 Å². The van der Waals surface area contributed by atoms with Crippen LogP contribution in [-0.2, 0) is 17.8 Å². The molecule has 1 aromatic carbocycles. The molecule has 8 nitrogen and oxygen atoms in total. The van der Waals surface area contributed by atoms with Gasteiger partial charge in [-0.2, -0.15) is 4.98 Å². The van der Waals surface area contributed by atoms with E-state index in [1.165, 1.54) is 5.56 Å². The Labute approximate surface area is 158 Å². The minimum absolute atomic E-state index is 0.0324. The van der Waals surface area contributed by atoms with Gasteiger partial charge in [-0.1, -0.05) is 35.5 Å². The maximum atomic E-state index is 12.3. The van der Waals surface area contributed by atoms with Crippen LogP contribution in [0.25, 0.3) is 0 Å². The van der Waals surface area contributed by atoms with Gasteiger partial charge >= 0.3 is 6.03 Å². The van der Waals surface area contributed by atoms with E-state index in [0.29, 0.717) is 44.2 Å². The number of aryl methyl sites for hydroxylation is 1. The molecule has 0 aliphatic carbocycles. The van der Waals surface area contributed by atoms with Gasteiger partial charge in [-0.3, -0.25) is 4.79 Å². The zero-order valence-electron chi connectivity index (χ0n) is 15.5. The van der Waals surface area contributed by atoms with E-state index in [1.54, 1.807) is 11.8 Å². The van der Waals surface area contributed by atoms with Crippen LogP contribution in [0.2, 0.25) is 0 Å². The molecule has 1 aliphatic heterocycles. The van der Waals surface area contributed by atoms with E-state index in [0.717, 1.165) is 6.42 Å². The smallest absolute Gasteiger partial charge is 0.317 e. The van der Waals surface area contributed by atoms with Gasteiger partial charge in [0.15, 0.2) is 5.82 Å². The predicted octanol–water partition coefficient (Wildman–Crippen LogP) is 1.66. The first kappa shape index (κ1) is 18.9. The highest BCUT2D eigenvalue weighted by Crippen LogP contribution is 2.17. The fourth-order valence-electron chi connectivity index (χ4n) is 3.13. The second kappa shape index (κ2) is 9.16. The summed E-state index contributed by atoms with van der Waals surface area (Å²) in [4.78, 5) is 30.4. The lowest BCUT2D eigenvalue weighted by Crippen LogP contribution is -2.47. The van der Waals surface area contributed by atoms with Crippen molar-refractivity contribution in [2.75, 3.05) is 19.6 Å². The Balaban J connectivity index is 1.35. The molecule has 0 bridgehead atoms. The van der Waals surface area contributed by atoms with Crippen LogP contribution in [0.1, 0.15) is 30.1 Å². The van der Waals surface area contributed by atoms with E-state index in [2.05, 4.69) is 20.8 Å². The summed E-state index contributed by atoms with van der Waals surface area (Å²) in [5, 5.41) is 9.47. The summed E-state index contributed by atoms with van der Waals surface area (Å²) in [5.41, 5.74) is 1.20. The molecule has 1 aliphatic rings. The topological polar surface area (TPSA) is 100 Å². The van der Waals surface area contributed by atoms with Crippen LogP contribution in [0.15, 0.2) is 34.9 Å². The highest BCUT2D eigenvalue weighted by Gasteiger charge is 2.27. The molecule has 144 valence electrons. The number of amides is 3. The Hall–Kier alpha value is -2.90. The molecule has 2 N–H and O–H groups in total. The molecule has 0 unspecified atom stereocenters. The third kappa shape index (κ3) is 5.54. The molecular formula is C19H25N5O3. The van der Waals surface area contributed by atoms with Gasteiger partial charge in [0.25, 0.3) is 0 Å². The fraction of sp³-hybridized carbons (Fsp3) is 0.474. The molecule has 1 fully saturated rings. The molecule has 0 spiro atoms. The molecule has 3 amide bonds. The largest absolute Gasteiger partial charge is 0.347 e. The summed E-state index contributed by atoms with van der Waals surface area (Å²) in [7, 11) is 0. The lowest BCUT2D eigenvalue weighted by atomic mass is 9.96. The molecular weight excluding hydrogens is 346 g/mol. The van der Waals surface area contributed by atoms with E-state index >= 15 is 0 Å². The first-order chi connectivity index (χ1) is 13.1. The van der Waals surface area contributed by atoms with Crippen molar-refractivity contribution in [2.24, 2.45) is 5.92 Å². The Morgan fingerprint density at radius 1 is 1.19 bits per heavy atom. The highest BCUT2D eigenvalue weighted by molar-refractivity contribution is 5.79. The number of urea groups is 1. The number of nitrogens with zero attached hydrogens (tertiary/aromatic N) is 3. The van der Waals surface area contributed by atoms with Crippen LogP contribution in [0.5, 0.6) is 0 Å². The molecule has 27 heavy (non-hydrogen) atoms. The number of aromatic nitrogens is 2. The van der Waals surface area contributed by atoms with Gasteiger partial charge in [0.05, 0.1) is 6.54 Å². The SMILES string of the molecule is Cc1noc(CNC(=O)C2CCN(C(=O)NCCc3ccccc3)CC2)n1. The predicted molar refractivity (Wildman–Crippen MR) is 98.7 cm³/mol. The molecule has 8 heteroatoms. The van der Waals surface area contributed by atoms with Crippen molar-refractivity contribution in [3.8, 4) is 0 Å². The molecule has 1 saturated heterocycles. The minimum Gasteiger partial charge on any atom is -0.347 e. The maximum absolute atomic E-state index is 12.3. The van der Waals surface area contributed by atoms with Crippen molar-refractivity contribution >= 4 is 11.9 Å². The van der Waals surface area contributed by atoms with Crippen LogP contribution in [0.4, 0.5) is 4.79 Å². The zero-order chi connectivity index (χ0) is 19.1. The molecule has 1 aromatic heterocycles. The Bertz CT molecular complexity index is 754. The second-order valence-electron chi connectivity index (χ2n) is 6.68. The molecule has 2 heterocycles. The third-order valence-corrected chi connectivity index (χ3v) is 4.67. The average molecular weight is 371 g/mol. The summed E-state index contributed by atoms with van der Waals surface area (Å²) < 4.78 is 4.98. The highest BCUT2D eigenvalue weighted by atomic mass is 16.5. The zero-order valence-corrected chi connectivity index (χ0v) is 15.5. The molecule has 2 aromatic rings. The van der Waals surface area contributed by atoms with Crippen molar-refractivity contribution in [1.29, 1.82) is 0 Å². The number of benzene rings is 1. The van der Waals surface area contributed by atoms with Gasteiger partial charge < -0.3 is 20.1 Å². The summed E-state index contributed by atoms with van der Waals surface area (Å²) in [6.45, 7) is 3.73. The van der Waals surface area contributed by atoms with Crippen LogP contribution >= 0.6 is 0 Å². The lowest BCUT2D eigenvalue weighted by molar-refractivity contribution is -0.126. The summed E-state index contributed by atoms with van der Waals surface area (Å²) >= 11 is 0. The van der Waals surface area contributed by atoms with E-state index < -0.39 is 0 Å². The van der Waals surface area contributed by atoms with Crippen LogP contribution in [0.3, 0.4) is 0 Å². The minimum atomic E-state index is -0.0950. The first-order valence-electron chi connectivity index (χ1n) is 9.25. The van der Waals surface area contributed by atoms with Gasteiger partial charge in [-0.15, -0.1) is 0 Å². The van der Waals surface area contributed by atoms with Gasteiger partial charge in [0.2, 0.25) is 11.8 Å². The maximum Gasteiger partial charge on any atom is 0.317 e. The van der Waals surface area contributed by atoms with Gasteiger partial charge in [0, 0.05) is 25.6 Å². The van der Waals surface area contributed by atoms with Gasteiger partial charge in [-0.05, 0) is 31.7 Å². The van der Waals surface area contributed by atoms with Crippen LogP contribution in [-0.4, -0.2) is 46.6 Å². The Morgan fingerprint density at radius 2 is 1.93 bits per heavy atom. The Morgan fingerprint density at radius 3 is 2.59 bits per heavy atom. The number of hydrogen-bond acceptors (Lipinski definition) is 5. The molecule has 0 atom stereocenters. The van der Waals surface area contributed by atoms with Crippen molar-refractivity contribution in [3.05, 3.63) is 47.6 Å². The quantitative estimate of drug-likeness (QED) is 0.804. The number of carbonyl (C=O) groups excluding carboxylic acids is 2. The van der Waals surface area contributed by atoms with E-state index in [-0.39, 0.29) is 24.4 Å². The van der Waals surface area contributed by atoms with Crippen LogP contribution in [0, 0.1) is 12.8 Å². The standard InChI is InChI=1S/C19H25N5O3/c1-14-22-17(27-23-14)13-21-18(25)16-8-11-24(12-9-16)19(26)20-10-7-15-5-3-2-4-6-15/h2-6,16H,7-13H2,1H3,(H,20,26)(H,21,25). The summed E-state index contributed by atoms with van der Waals surface area (Å²) in [6.07, 6.45) is 2.11. The summed E-state index contributed by atoms with van der Waals surface area (Å²) in [6, 6.07) is 9.99. The number of rotatable bonds is 6. The average Bonchev–Trinajstić information content (AvgIpc) is 3.12. The monoisotopic (exact) mass is 371 g/mol. The Kier molecular flexibility index (Phi) is 6.40. The van der Waals surface area contributed by atoms with Crippen molar-refractivity contribution < 1.29 is 14.1 Å². The van der Waals surface area contributed by atoms with Crippen LogP contribution < -0.4 is 10.6 Å². The number of likely N-dealkylation sites (tertiary alicyclic amines) is 1. The van der Waals surface area contributed by atoms with Gasteiger partial charge in [-0.25, -0.2) is 4.79 Å². The number of piperidine rings is 1. The fourth-order valence-corrected chi connectivity index (χ4v) is 3.13. The van der Waals surface area contributed by atoms with Crippen molar-refractivity contribution in [1.82, 2.24) is 25.7 Å². The summed E-state index contributed by atoms with van der Waals surface area (Å²) in [5.74, 6) is 0.819. The lowest BCUT2D eigenvalue weighted by Gasteiger charge is -2.31.